The summed E-state index contributed by atoms with van der Waals surface area (Å²) in [6.07, 6.45) is 9.33. The van der Waals surface area contributed by atoms with E-state index >= 15 is 0 Å². The average Bonchev–Trinajstić information content (AvgIpc) is 3.95. The Morgan fingerprint density at radius 3 is 2.21 bits per heavy atom. The number of nitrogens with zero attached hydrogens (tertiary/aromatic N) is 5. The minimum Gasteiger partial charge on any atom is -0.507 e. The summed E-state index contributed by atoms with van der Waals surface area (Å²) in [6, 6.07) is 0.416. The van der Waals surface area contributed by atoms with Crippen LogP contribution in [0.5, 0.6) is 17.2 Å². The number of aromatic hydroxyl groups is 2. The molecule has 5 bridgehead atoms. The van der Waals surface area contributed by atoms with Crippen LogP contribution in [0.15, 0.2) is 46.1 Å². The van der Waals surface area contributed by atoms with Gasteiger partial charge in [-0.25, -0.2) is 4.99 Å². The van der Waals surface area contributed by atoms with E-state index in [1.165, 1.54) is 45.6 Å². The molecule has 2 aromatic carbocycles. The Labute approximate surface area is 440 Å². The molecule has 0 aromatic heterocycles. The number of Topliss-reactive ketones (excluding diaryl/α,β-unsaturated/α-hetero) is 1. The number of anilines is 1. The molecule has 0 aliphatic carbocycles. The summed E-state index contributed by atoms with van der Waals surface area (Å²) in [5.74, 6) is -7.68. The number of benzene rings is 2. The first-order chi connectivity index (χ1) is 35.6. The number of methoxy groups -OCH3 is 1. The molecule has 0 saturated carbocycles. The molecule has 9 rings (SSSR count). The lowest BCUT2D eigenvalue weighted by Crippen LogP contribution is -2.49. The number of carbonyl (C=O) groups excluding carboxylic acids is 4. The lowest BCUT2D eigenvalue weighted by Gasteiger charge is -2.40. The van der Waals surface area contributed by atoms with Crippen molar-refractivity contribution in [3.8, 4) is 17.2 Å². The van der Waals surface area contributed by atoms with E-state index in [2.05, 4.69) is 34.0 Å². The summed E-state index contributed by atoms with van der Waals surface area (Å²) in [5.41, 5.74) is -0.209. The Morgan fingerprint density at radius 1 is 0.880 bits per heavy atom. The van der Waals surface area contributed by atoms with Crippen LogP contribution in [0.3, 0.4) is 0 Å². The minimum atomic E-state index is -2.01. The molecule has 7 heterocycles. The van der Waals surface area contributed by atoms with Crippen LogP contribution < -0.4 is 20.8 Å². The quantitative estimate of drug-likeness (QED) is 0.129. The molecule has 1 spiro atoms. The van der Waals surface area contributed by atoms with E-state index in [0.29, 0.717) is 56.7 Å². The molecule has 1 unspecified atom stereocenters. The topological polar surface area (TPSA) is 233 Å². The van der Waals surface area contributed by atoms with Gasteiger partial charge in [-0.1, -0.05) is 66.2 Å². The van der Waals surface area contributed by atoms with Crippen molar-refractivity contribution in [2.45, 2.75) is 156 Å². The molecule has 3 fully saturated rings. The van der Waals surface area contributed by atoms with Crippen molar-refractivity contribution in [2.24, 2.45) is 39.6 Å². The summed E-state index contributed by atoms with van der Waals surface area (Å²) >= 11 is 0. The van der Waals surface area contributed by atoms with Crippen LogP contribution in [0.25, 0.3) is 10.8 Å². The molecule has 3 saturated heterocycles. The normalized spacial score (nSPS) is 31.7. The molecule has 410 valence electrons. The van der Waals surface area contributed by atoms with Gasteiger partial charge < -0.3 is 59.4 Å². The third kappa shape index (κ3) is 11.2. The number of piperidine rings is 3. The Kier molecular flexibility index (Phi) is 16.9. The van der Waals surface area contributed by atoms with Crippen LogP contribution in [-0.4, -0.2) is 154 Å². The molecular formula is C57H80N6O12. The van der Waals surface area contributed by atoms with Gasteiger partial charge in [-0.15, -0.1) is 0 Å². The van der Waals surface area contributed by atoms with E-state index in [4.69, 9.17) is 23.9 Å². The van der Waals surface area contributed by atoms with Gasteiger partial charge in [0.05, 0.1) is 41.2 Å². The van der Waals surface area contributed by atoms with Crippen LogP contribution >= 0.6 is 0 Å². The van der Waals surface area contributed by atoms with E-state index in [1.54, 1.807) is 64.7 Å². The number of phenols is 2. The molecule has 2 amide bonds. The van der Waals surface area contributed by atoms with Gasteiger partial charge in [-0.2, -0.15) is 0 Å². The molecule has 7 aliphatic rings. The van der Waals surface area contributed by atoms with E-state index in [9.17, 15) is 39.6 Å². The minimum absolute atomic E-state index is 0.0334. The highest BCUT2D eigenvalue weighted by Crippen LogP contribution is 2.51. The van der Waals surface area contributed by atoms with Crippen LogP contribution in [0.1, 0.15) is 123 Å². The zero-order valence-electron chi connectivity index (χ0n) is 45.6. The number of fused-ring (bicyclic) bond motifs is 13. The van der Waals surface area contributed by atoms with E-state index in [-0.39, 0.29) is 55.6 Å². The Hall–Kier alpha value is -5.40. The van der Waals surface area contributed by atoms with Gasteiger partial charge >= 0.3 is 11.8 Å². The first-order valence-corrected chi connectivity index (χ1v) is 27.2. The third-order valence-corrected chi connectivity index (χ3v) is 16.9. The first-order valence-electron chi connectivity index (χ1n) is 27.2. The second-order valence-corrected chi connectivity index (χ2v) is 22.7. The van der Waals surface area contributed by atoms with E-state index in [1.807, 2.05) is 0 Å². The van der Waals surface area contributed by atoms with Gasteiger partial charge in [0, 0.05) is 106 Å². The molecular weight excluding hydrogens is 961 g/mol. The number of aliphatic hydroxyl groups is 2. The number of rotatable bonds is 7. The zero-order chi connectivity index (χ0) is 54.3. The standard InChI is InChI=1S/C57H80N6O12/c1-31(2)30-61-26-20-57(21-27-61)59-45-42-43-50(68)37(8)53-44(42)54(70)56(9,75-53)73-28-19-39(72-10)34(5)52(74-41(65)29-40(64)63-24-17-38(18-25-63)62-22-12-11-13-23-62)36(7)49(67)35(6)48(66)32(3)15-14-16-33(4)55(71)58-47(51(43)69)46(45)60-57/h14-16,19,28,31-32,34-36,38-39,48-49,52,59,66-69H,11-13,17-18,20-27,29-30H2,1-10H3/b15-14+,28-19+,33-16-,58-47?/t32-,34+,35+,36+,39?,48-,49+,52+,56-/m0/s1. The van der Waals surface area contributed by atoms with Crippen LogP contribution in [0.4, 0.5) is 5.69 Å². The highest BCUT2D eigenvalue weighted by Gasteiger charge is 2.51. The third-order valence-electron chi connectivity index (χ3n) is 16.9. The zero-order valence-corrected chi connectivity index (χ0v) is 45.6. The lowest BCUT2D eigenvalue weighted by atomic mass is 9.78. The van der Waals surface area contributed by atoms with Gasteiger partial charge in [0.1, 0.15) is 40.4 Å². The summed E-state index contributed by atoms with van der Waals surface area (Å²) in [7, 11) is 1.46. The van der Waals surface area contributed by atoms with Crippen LogP contribution in [0.2, 0.25) is 0 Å². The average molecular weight is 1040 g/mol. The number of hydrogen-bond acceptors (Lipinski definition) is 16. The number of amides is 2. The summed E-state index contributed by atoms with van der Waals surface area (Å²) in [6.45, 7) is 21.4. The van der Waals surface area contributed by atoms with Crippen LogP contribution in [0, 0.1) is 36.5 Å². The maximum Gasteiger partial charge on any atom is 0.315 e. The van der Waals surface area contributed by atoms with Gasteiger partial charge in [0.15, 0.2) is 5.75 Å². The number of nitrogens with one attached hydrogen (secondary N) is 1. The highest BCUT2D eigenvalue weighted by atomic mass is 16.7. The van der Waals surface area contributed by atoms with Crippen molar-refractivity contribution in [1.82, 2.24) is 14.7 Å². The number of ether oxygens (including phenoxy) is 4. The number of likely N-dealkylation sites (tertiary alicyclic amines) is 3. The first kappa shape index (κ1) is 55.8. The largest absolute Gasteiger partial charge is 0.507 e. The molecule has 18 nitrogen and oxygen atoms in total. The molecule has 2 aromatic rings. The van der Waals surface area contributed by atoms with Crippen molar-refractivity contribution in [2.75, 3.05) is 58.2 Å². The Bertz CT molecular complexity index is 2740. The number of carbonyl (C=O) groups is 4. The monoisotopic (exact) mass is 1040 g/mol. The van der Waals surface area contributed by atoms with Crippen molar-refractivity contribution in [3.05, 3.63) is 58.0 Å². The van der Waals surface area contributed by atoms with Crippen molar-refractivity contribution in [1.29, 1.82) is 0 Å². The number of esters is 1. The second-order valence-electron chi connectivity index (χ2n) is 22.7. The van der Waals surface area contributed by atoms with E-state index < -0.39 is 89.4 Å². The van der Waals surface area contributed by atoms with Gasteiger partial charge in [0.25, 0.3) is 11.7 Å². The molecule has 9 atom stereocenters. The smallest absolute Gasteiger partial charge is 0.315 e. The number of phenolic OH excluding ortho intramolecular Hbond substituents is 2. The SMILES string of the molecule is COC1/C=C/O[C@@]2(C)Oc3c(C)c(O)c4c(O)c(c5c(c4c3C2=O)NC2(CCN(CC(C)C)CC2)N=5)=NC(=O)/C(C)=C\C=C\[C@H](C)[C@H](O)[C@@H](C)[C@@H](O)[C@@H](C)[C@H](OC(=O)CC(=O)N2CCC(N3CCCCC3)CC2)[C@@H]1C. The number of hydrogen-bond donors (Lipinski definition) is 5. The Morgan fingerprint density at radius 2 is 1.56 bits per heavy atom. The molecule has 75 heavy (non-hydrogen) atoms. The predicted octanol–water partition coefficient (Wildman–Crippen LogP) is 5.60. The fourth-order valence-electron chi connectivity index (χ4n) is 12.2. The maximum atomic E-state index is 15.0. The van der Waals surface area contributed by atoms with Crippen molar-refractivity contribution in [3.63, 3.8) is 0 Å². The van der Waals surface area contributed by atoms with Crippen LogP contribution in [-0.2, 0) is 28.6 Å². The lowest BCUT2D eigenvalue weighted by molar-refractivity contribution is -0.165. The molecule has 7 aliphatic heterocycles. The van der Waals surface area contributed by atoms with E-state index in [0.717, 1.165) is 32.5 Å². The summed E-state index contributed by atoms with van der Waals surface area (Å²) < 4.78 is 24.8. The van der Waals surface area contributed by atoms with Gasteiger partial charge in [0.2, 0.25) is 5.91 Å². The molecule has 18 heteroatoms. The second kappa shape index (κ2) is 22.7. The Balaban J connectivity index is 1.15. The van der Waals surface area contributed by atoms with Crippen molar-refractivity contribution < 1.29 is 58.6 Å². The highest BCUT2D eigenvalue weighted by molar-refractivity contribution is 6.21. The number of aliphatic hydroxyl groups excluding tert-OH is 2. The fraction of sp³-hybridized carbons (Fsp3) is 0.649. The van der Waals surface area contributed by atoms with Gasteiger partial charge in [-0.3, -0.25) is 24.2 Å². The predicted molar refractivity (Wildman–Crippen MR) is 282 cm³/mol. The summed E-state index contributed by atoms with van der Waals surface area (Å²) in [5, 5.41) is 51.5. The number of allylic oxidation sites excluding steroid dienone is 2. The van der Waals surface area contributed by atoms with Crippen molar-refractivity contribution >= 4 is 40.0 Å². The fourth-order valence-corrected chi connectivity index (χ4v) is 12.2. The molecule has 5 N–H and O–H groups in total. The summed E-state index contributed by atoms with van der Waals surface area (Å²) in [4.78, 5) is 72.8. The van der Waals surface area contributed by atoms with Gasteiger partial charge in [-0.05, 0) is 64.6 Å². The molecule has 0 radical (unpaired) electrons. The number of ketones is 1. The maximum absolute atomic E-state index is 15.0.